The number of aryl methyl sites for hydroxylation is 1. The van der Waals surface area contributed by atoms with Gasteiger partial charge < -0.3 is 14.6 Å². The molecule has 2 rings (SSSR count). The van der Waals surface area contributed by atoms with Gasteiger partial charge in [-0.3, -0.25) is 0 Å². The van der Waals surface area contributed by atoms with Crippen LogP contribution in [-0.2, 0) is 6.54 Å². The van der Waals surface area contributed by atoms with Gasteiger partial charge in [-0.2, -0.15) is 0 Å². The third kappa shape index (κ3) is 3.09. The second-order valence-electron chi connectivity index (χ2n) is 4.76. The van der Waals surface area contributed by atoms with Crippen molar-refractivity contribution in [2.75, 3.05) is 19.6 Å². The van der Waals surface area contributed by atoms with Gasteiger partial charge in [-0.25, -0.2) is 0 Å². The van der Waals surface area contributed by atoms with Gasteiger partial charge in [-0.1, -0.05) is 0 Å². The summed E-state index contributed by atoms with van der Waals surface area (Å²) in [6, 6.07) is 2.00. The molecule has 0 amide bonds. The number of aliphatic hydroxyl groups is 1. The molecule has 0 radical (unpaired) electrons. The summed E-state index contributed by atoms with van der Waals surface area (Å²) in [7, 11) is 0. The van der Waals surface area contributed by atoms with Crippen LogP contribution in [0.1, 0.15) is 37.9 Å². The van der Waals surface area contributed by atoms with Gasteiger partial charge in [0.05, 0.1) is 6.10 Å². The van der Waals surface area contributed by atoms with Gasteiger partial charge in [0.2, 0.25) is 0 Å². The van der Waals surface area contributed by atoms with E-state index in [0.717, 1.165) is 12.1 Å². The van der Waals surface area contributed by atoms with E-state index in [1.807, 2.05) is 13.0 Å². The van der Waals surface area contributed by atoms with E-state index in [0.29, 0.717) is 0 Å². The third-order valence-electron chi connectivity index (χ3n) is 3.35. The first-order chi connectivity index (χ1) is 7.75. The van der Waals surface area contributed by atoms with E-state index >= 15 is 0 Å². The lowest BCUT2D eigenvalue weighted by Gasteiger charge is -2.14. The molecule has 16 heavy (non-hydrogen) atoms. The molecular weight excluding hydrogens is 200 g/mol. The minimum Gasteiger partial charge on any atom is -0.389 e. The molecule has 1 aromatic rings. The standard InChI is InChI=1S/C13H22N2O/c1-12(16)13-5-10-15(11-13)9-4-8-14-6-2-3-7-14/h5,10-12,16H,2-4,6-9H2,1H3. The molecule has 2 heterocycles. The Balaban J connectivity index is 1.72. The van der Waals surface area contributed by atoms with Crippen LogP contribution in [0.25, 0.3) is 0 Å². The SMILES string of the molecule is CC(O)c1ccn(CCCN2CCCC2)c1. The summed E-state index contributed by atoms with van der Waals surface area (Å²) in [5.74, 6) is 0. The number of nitrogens with zero attached hydrogens (tertiary/aromatic N) is 2. The van der Waals surface area contributed by atoms with Crippen LogP contribution in [0.4, 0.5) is 0 Å². The average Bonchev–Trinajstić information content (AvgIpc) is 2.87. The topological polar surface area (TPSA) is 28.4 Å². The van der Waals surface area contributed by atoms with Gasteiger partial charge in [0, 0.05) is 18.9 Å². The highest BCUT2D eigenvalue weighted by atomic mass is 16.3. The molecule has 1 aromatic heterocycles. The van der Waals surface area contributed by atoms with Gasteiger partial charge >= 0.3 is 0 Å². The van der Waals surface area contributed by atoms with Gasteiger partial charge in [-0.15, -0.1) is 0 Å². The quantitative estimate of drug-likeness (QED) is 0.825. The zero-order chi connectivity index (χ0) is 11.4. The van der Waals surface area contributed by atoms with Crippen LogP contribution in [0.5, 0.6) is 0 Å². The molecule has 0 spiro atoms. The highest BCUT2D eigenvalue weighted by Crippen LogP contribution is 2.13. The van der Waals surface area contributed by atoms with Gasteiger partial charge in [0.1, 0.15) is 0 Å². The predicted molar refractivity (Wildman–Crippen MR) is 65.4 cm³/mol. The molecule has 1 aliphatic rings. The molecule has 1 unspecified atom stereocenters. The summed E-state index contributed by atoms with van der Waals surface area (Å²) in [5.41, 5.74) is 1.01. The van der Waals surface area contributed by atoms with Crippen molar-refractivity contribution in [1.82, 2.24) is 9.47 Å². The van der Waals surface area contributed by atoms with E-state index < -0.39 is 0 Å². The van der Waals surface area contributed by atoms with E-state index in [9.17, 15) is 5.11 Å². The Morgan fingerprint density at radius 3 is 2.69 bits per heavy atom. The third-order valence-corrected chi connectivity index (χ3v) is 3.35. The van der Waals surface area contributed by atoms with E-state index in [1.54, 1.807) is 0 Å². The van der Waals surface area contributed by atoms with Crippen molar-refractivity contribution in [3.8, 4) is 0 Å². The van der Waals surface area contributed by atoms with Crippen molar-refractivity contribution >= 4 is 0 Å². The number of hydrogen-bond acceptors (Lipinski definition) is 2. The fraction of sp³-hybridized carbons (Fsp3) is 0.692. The highest BCUT2D eigenvalue weighted by molar-refractivity contribution is 5.12. The maximum atomic E-state index is 9.41. The van der Waals surface area contributed by atoms with Crippen LogP contribution in [0.3, 0.4) is 0 Å². The lowest BCUT2D eigenvalue weighted by atomic mass is 10.2. The summed E-state index contributed by atoms with van der Waals surface area (Å²) in [4.78, 5) is 2.54. The normalized spacial score (nSPS) is 19.1. The van der Waals surface area contributed by atoms with E-state index in [-0.39, 0.29) is 6.10 Å². The van der Waals surface area contributed by atoms with Crippen molar-refractivity contribution in [1.29, 1.82) is 0 Å². The van der Waals surface area contributed by atoms with Crippen molar-refractivity contribution in [2.45, 2.75) is 38.8 Å². The van der Waals surface area contributed by atoms with Gasteiger partial charge in [0.15, 0.2) is 0 Å². The van der Waals surface area contributed by atoms with E-state index in [4.69, 9.17) is 0 Å². The van der Waals surface area contributed by atoms with Crippen LogP contribution < -0.4 is 0 Å². The summed E-state index contributed by atoms with van der Waals surface area (Å²) < 4.78 is 2.18. The molecule has 1 saturated heterocycles. The number of rotatable bonds is 5. The molecule has 90 valence electrons. The molecule has 1 atom stereocenters. The fourth-order valence-electron chi connectivity index (χ4n) is 2.33. The number of hydrogen-bond donors (Lipinski definition) is 1. The molecule has 0 aliphatic carbocycles. The van der Waals surface area contributed by atoms with Gasteiger partial charge in [0.25, 0.3) is 0 Å². The highest BCUT2D eigenvalue weighted by Gasteiger charge is 2.10. The first kappa shape index (κ1) is 11.7. The maximum Gasteiger partial charge on any atom is 0.0776 e. The summed E-state index contributed by atoms with van der Waals surface area (Å²) in [5, 5.41) is 9.41. The lowest BCUT2D eigenvalue weighted by molar-refractivity contribution is 0.199. The first-order valence-electron chi connectivity index (χ1n) is 6.32. The Labute approximate surface area is 97.7 Å². The second kappa shape index (κ2) is 5.51. The molecular formula is C13H22N2O. The Kier molecular flexibility index (Phi) is 4.02. The van der Waals surface area contributed by atoms with Crippen molar-refractivity contribution < 1.29 is 5.11 Å². The van der Waals surface area contributed by atoms with Crippen LogP contribution in [0.15, 0.2) is 18.5 Å². The zero-order valence-electron chi connectivity index (χ0n) is 10.1. The smallest absolute Gasteiger partial charge is 0.0776 e. The Bertz CT molecular complexity index is 313. The molecule has 3 nitrogen and oxygen atoms in total. The Hall–Kier alpha value is -0.800. The predicted octanol–water partition coefficient (Wildman–Crippen LogP) is 2.03. The van der Waals surface area contributed by atoms with Crippen LogP contribution in [0.2, 0.25) is 0 Å². The zero-order valence-corrected chi connectivity index (χ0v) is 10.1. The van der Waals surface area contributed by atoms with Crippen LogP contribution in [0, 0.1) is 0 Å². The first-order valence-corrected chi connectivity index (χ1v) is 6.32. The minimum absolute atomic E-state index is 0.347. The monoisotopic (exact) mass is 222 g/mol. The minimum atomic E-state index is -0.347. The Morgan fingerprint density at radius 1 is 1.31 bits per heavy atom. The molecule has 0 saturated carbocycles. The molecule has 1 N–H and O–H groups in total. The second-order valence-corrected chi connectivity index (χ2v) is 4.76. The maximum absolute atomic E-state index is 9.41. The molecule has 1 aliphatic heterocycles. The number of likely N-dealkylation sites (tertiary alicyclic amines) is 1. The molecule has 0 aromatic carbocycles. The van der Waals surface area contributed by atoms with E-state index in [1.165, 1.54) is 38.9 Å². The average molecular weight is 222 g/mol. The van der Waals surface area contributed by atoms with Crippen molar-refractivity contribution in [3.05, 3.63) is 24.0 Å². The molecule has 3 heteroatoms. The number of aromatic nitrogens is 1. The molecule has 1 fully saturated rings. The summed E-state index contributed by atoms with van der Waals surface area (Å²) in [6.07, 6.45) is 7.71. The summed E-state index contributed by atoms with van der Waals surface area (Å²) in [6.45, 7) is 6.64. The van der Waals surface area contributed by atoms with E-state index in [2.05, 4.69) is 21.9 Å². The largest absolute Gasteiger partial charge is 0.389 e. The van der Waals surface area contributed by atoms with Crippen LogP contribution in [-0.4, -0.2) is 34.2 Å². The van der Waals surface area contributed by atoms with Gasteiger partial charge in [-0.05, 0) is 57.5 Å². The lowest BCUT2D eigenvalue weighted by Crippen LogP contribution is -2.21. The fourth-order valence-corrected chi connectivity index (χ4v) is 2.33. The summed E-state index contributed by atoms with van der Waals surface area (Å²) >= 11 is 0. The molecule has 0 bridgehead atoms. The Morgan fingerprint density at radius 2 is 2.06 bits per heavy atom. The van der Waals surface area contributed by atoms with Crippen molar-refractivity contribution in [2.24, 2.45) is 0 Å². The number of aliphatic hydroxyl groups excluding tert-OH is 1. The van der Waals surface area contributed by atoms with Crippen molar-refractivity contribution in [3.63, 3.8) is 0 Å². The van der Waals surface area contributed by atoms with Crippen LogP contribution >= 0.6 is 0 Å².